The fraction of sp³-hybridized carbons (Fsp3) is 0.350. The molecule has 142 valence electrons. The van der Waals surface area contributed by atoms with Gasteiger partial charge in [-0.15, -0.1) is 0 Å². The smallest absolute Gasteiger partial charge is 0.380 e. The first-order valence-electron chi connectivity index (χ1n) is 8.69. The molecular weight excluding hydrogens is 355 g/mol. The van der Waals surface area contributed by atoms with E-state index in [1.54, 1.807) is 0 Å². The van der Waals surface area contributed by atoms with Gasteiger partial charge in [0, 0.05) is 26.2 Å². The molecule has 0 bridgehead atoms. The molecule has 1 fully saturated rings. The molecule has 2 aromatic rings. The first kappa shape index (κ1) is 19.2. The Kier molecular flexibility index (Phi) is 5.99. The van der Waals surface area contributed by atoms with Gasteiger partial charge in [-0.2, -0.15) is 18.4 Å². The summed E-state index contributed by atoms with van der Waals surface area (Å²) >= 11 is 0. The zero-order chi connectivity index (χ0) is 19.3. The number of nitriles is 1. The van der Waals surface area contributed by atoms with Crippen LogP contribution in [-0.2, 0) is 24.0 Å². The van der Waals surface area contributed by atoms with Gasteiger partial charge in [0.05, 0.1) is 30.0 Å². The lowest BCUT2D eigenvalue weighted by atomic mass is 10.1. The molecule has 1 N–H and O–H groups in total. The first-order chi connectivity index (χ1) is 13.0. The van der Waals surface area contributed by atoms with Gasteiger partial charge < -0.3 is 10.1 Å². The maximum atomic E-state index is 12.8. The molecule has 0 atom stereocenters. The topological polar surface area (TPSA) is 48.3 Å². The highest BCUT2D eigenvalue weighted by Gasteiger charge is 2.31. The third-order valence-corrected chi connectivity index (χ3v) is 4.48. The molecule has 0 amide bonds. The zero-order valence-corrected chi connectivity index (χ0v) is 14.7. The second kappa shape index (κ2) is 8.42. The second-order valence-corrected chi connectivity index (χ2v) is 6.43. The molecule has 0 aromatic heterocycles. The van der Waals surface area contributed by atoms with Crippen molar-refractivity contribution in [2.75, 3.05) is 31.6 Å². The maximum absolute atomic E-state index is 12.8. The average Bonchev–Trinajstić information content (AvgIpc) is 2.67. The standard InChI is InChI=1S/C20H20F3N3O/c21-20(22,23)18-5-6-19(17(11-18)12-24)25-13-15-1-3-16(4-2-15)14-26-7-9-27-10-8-26/h1-6,11,25H,7-10,13-14H2. The Bertz CT molecular complexity index is 807. The Balaban J connectivity index is 1.60. The second-order valence-electron chi connectivity index (χ2n) is 6.43. The fourth-order valence-electron chi connectivity index (χ4n) is 2.94. The summed E-state index contributed by atoms with van der Waals surface area (Å²) in [6.07, 6.45) is -4.46. The van der Waals surface area contributed by atoms with E-state index < -0.39 is 11.7 Å². The minimum Gasteiger partial charge on any atom is -0.380 e. The van der Waals surface area contributed by atoms with Crippen molar-refractivity contribution in [2.24, 2.45) is 0 Å². The summed E-state index contributed by atoms with van der Waals surface area (Å²) in [5.74, 6) is 0. The van der Waals surface area contributed by atoms with E-state index in [-0.39, 0.29) is 5.56 Å². The van der Waals surface area contributed by atoms with Crippen LogP contribution >= 0.6 is 0 Å². The van der Waals surface area contributed by atoms with E-state index in [2.05, 4.69) is 10.2 Å². The molecule has 0 saturated carbocycles. The number of morpholine rings is 1. The number of benzene rings is 2. The number of rotatable bonds is 5. The predicted molar refractivity (Wildman–Crippen MR) is 96.0 cm³/mol. The molecule has 7 heteroatoms. The molecule has 0 spiro atoms. The van der Waals surface area contributed by atoms with Gasteiger partial charge in [-0.05, 0) is 29.3 Å². The highest BCUT2D eigenvalue weighted by atomic mass is 19.4. The summed E-state index contributed by atoms with van der Waals surface area (Å²) in [5, 5.41) is 12.2. The van der Waals surface area contributed by atoms with E-state index in [0.29, 0.717) is 12.2 Å². The third-order valence-electron chi connectivity index (χ3n) is 4.48. The highest BCUT2D eigenvalue weighted by molar-refractivity contribution is 5.59. The summed E-state index contributed by atoms with van der Waals surface area (Å²) < 4.78 is 43.6. The number of anilines is 1. The van der Waals surface area contributed by atoms with Crippen LogP contribution in [0.4, 0.5) is 18.9 Å². The molecule has 3 rings (SSSR count). The van der Waals surface area contributed by atoms with Crippen LogP contribution in [0.1, 0.15) is 22.3 Å². The summed E-state index contributed by atoms with van der Waals surface area (Å²) in [4.78, 5) is 2.33. The van der Waals surface area contributed by atoms with Crippen LogP contribution in [0.25, 0.3) is 0 Å². The van der Waals surface area contributed by atoms with Crippen molar-refractivity contribution in [2.45, 2.75) is 19.3 Å². The van der Waals surface area contributed by atoms with Gasteiger partial charge in [0.1, 0.15) is 6.07 Å². The quantitative estimate of drug-likeness (QED) is 0.858. The van der Waals surface area contributed by atoms with Crippen LogP contribution in [0.2, 0.25) is 0 Å². The Morgan fingerprint density at radius 2 is 1.70 bits per heavy atom. The first-order valence-corrected chi connectivity index (χ1v) is 8.69. The van der Waals surface area contributed by atoms with E-state index in [1.807, 2.05) is 30.3 Å². The van der Waals surface area contributed by atoms with Crippen molar-refractivity contribution in [3.05, 3.63) is 64.7 Å². The summed E-state index contributed by atoms with van der Waals surface area (Å²) in [6.45, 7) is 4.67. The minimum absolute atomic E-state index is 0.0197. The molecule has 1 aliphatic heterocycles. The van der Waals surface area contributed by atoms with Crippen LogP contribution in [0.3, 0.4) is 0 Å². The van der Waals surface area contributed by atoms with E-state index in [0.717, 1.165) is 50.5 Å². The minimum atomic E-state index is -4.46. The van der Waals surface area contributed by atoms with Crippen molar-refractivity contribution < 1.29 is 17.9 Å². The molecule has 1 saturated heterocycles. The lowest BCUT2D eigenvalue weighted by Crippen LogP contribution is -2.35. The van der Waals surface area contributed by atoms with Gasteiger partial charge in [-0.3, -0.25) is 4.90 Å². The van der Waals surface area contributed by atoms with Crippen LogP contribution in [-0.4, -0.2) is 31.2 Å². The van der Waals surface area contributed by atoms with Gasteiger partial charge >= 0.3 is 6.18 Å². The monoisotopic (exact) mass is 375 g/mol. The zero-order valence-electron chi connectivity index (χ0n) is 14.7. The van der Waals surface area contributed by atoms with E-state index in [9.17, 15) is 13.2 Å². The molecule has 0 unspecified atom stereocenters. The Labute approximate surface area is 156 Å². The van der Waals surface area contributed by atoms with Crippen LogP contribution < -0.4 is 5.32 Å². The molecule has 0 aliphatic carbocycles. The Morgan fingerprint density at radius 1 is 1.04 bits per heavy atom. The molecule has 4 nitrogen and oxygen atoms in total. The number of alkyl halides is 3. The van der Waals surface area contributed by atoms with Crippen molar-refractivity contribution in [3.8, 4) is 6.07 Å². The van der Waals surface area contributed by atoms with E-state index in [4.69, 9.17) is 10.00 Å². The van der Waals surface area contributed by atoms with Gasteiger partial charge in [0.25, 0.3) is 0 Å². The lowest BCUT2D eigenvalue weighted by Gasteiger charge is -2.26. The number of nitrogens with zero attached hydrogens (tertiary/aromatic N) is 2. The number of halogens is 3. The number of ether oxygens (including phenoxy) is 1. The van der Waals surface area contributed by atoms with Crippen molar-refractivity contribution in [1.29, 1.82) is 5.26 Å². The molecular formula is C20H20F3N3O. The van der Waals surface area contributed by atoms with Gasteiger partial charge in [0.2, 0.25) is 0 Å². The van der Waals surface area contributed by atoms with Crippen molar-refractivity contribution in [1.82, 2.24) is 4.90 Å². The van der Waals surface area contributed by atoms with Crippen LogP contribution in [0.15, 0.2) is 42.5 Å². The Hall–Kier alpha value is -2.56. The van der Waals surface area contributed by atoms with Gasteiger partial charge in [-0.25, -0.2) is 0 Å². The summed E-state index contributed by atoms with van der Waals surface area (Å²) in [7, 11) is 0. The number of nitrogens with one attached hydrogen (secondary N) is 1. The highest BCUT2D eigenvalue weighted by Crippen LogP contribution is 2.31. The summed E-state index contributed by atoms with van der Waals surface area (Å²) in [6, 6.07) is 13.0. The molecule has 27 heavy (non-hydrogen) atoms. The van der Waals surface area contributed by atoms with Crippen molar-refractivity contribution in [3.63, 3.8) is 0 Å². The molecule has 0 radical (unpaired) electrons. The number of hydrogen-bond donors (Lipinski definition) is 1. The maximum Gasteiger partial charge on any atom is 0.416 e. The van der Waals surface area contributed by atoms with Gasteiger partial charge in [0.15, 0.2) is 0 Å². The lowest BCUT2D eigenvalue weighted by molar-refractivity contribution is -0.137. The fourth-order valence-corrected chi connectivity index (χ4v) is 2.94. The predicted octanol–water partition coefficient (Wildman–Crippen LogP) is 4.02. The van der Waals surface area contributed by atoms with Crippen LogP contribution in [0.5, 0.6) is 0 Å². The van der Waals surface area contributed by atoms with Crippen molar-refractivity contribution >= 4 is 5.69 Å². The van der Waals surface area contributed by atoms with E-state index >= 15 is 0 Å². The van der Waals surface area contributed by atoms with Gasteiger partial charge in [-0.1, -0.05) is 24.3 Å². The third kappa shape index (κ3) is 5.22. The normalized spacial score (nSPS) is 15.3. The molecule has 1 aliphatic rings. The average molecular weight is 375 g/mol. The summed E-state index contributed by atoms with van der Waals surface area (Å²) in [5.41, 5.74) is 1.74. The van der Waals surface area contributed by atoms with Crippen LogP contribution in [0, 0.1) is 11.3 Å². The SMILES string of the molecule is N#Cc1cc(C(F)(F)F)ccc1NCc1ccc(CN2CCOCC2)cc1. The molecule has 2 aromatic carbocycles. The van der Waals surface area contributed by atoms with E-state index in [1.165, 1.54) is 11.6 Å². The number of hydrogen-bond acceptors (Lipinski definition) is 4. The molecule has 1 heterocycles. The largest absolute Gasteiger partial charge is 0.416 e. The Morgan fingerprint density at radius 3 is 2.33 bits per heavy atom.